The zero-order chi connectivity index (χ0) is 18.0. The summed E-state index contributed by atoms with van der Waals surface area (Å²) in [4.78, 5) is 30.6. The van der Waals surface area contributed by atoms with Gasteiger partial charge in [-0.1, -0.05) is 6.07 Å². The monoisotopic (exact) mass is 352 g/mol. The molecule has 2 atom stereocenters. The largest absolute Gasteiger partial charge is 0.359 e. The van der Waals surface area contributed by atoms with Crippen molar-refractivity contribution in [3.05, 3.63) is 48.5 Å². The number of carbonyl (C=O) groups excluding carboxylic acids is 1. The van der Waals surface area contributed by atoms with E-state index in [-0.39, 0.29) is 11.9 Å². The smallest absolute Gasteiger partial charge is 0.229 e. The number of hydrogen-bond donors (Lipinski definition) is 1. The maximum absolute atomic E-state index is 12.9. The lowest BCUT2D eigenvalue weighted by Gasteiger charge is -2.44. The van der Waals surface area contributed by atoms with Gasteiger partial charge in [0, 0.05) is 58.0 Å². The molecule has 2 fully saturated rings. The fourth-order valence-electron chi connectivity index (χ4n) is 4.49. The van der Waals surface area contributed by atoms with Crippen molar-refractivity contribution in [2.45, 2.75) is 25.4 Å². The highest BCUT2D eigenvalue weighted by Gasteiger charge is 2.55. The molecule has 0 spiro atoms. The highest BCUT2D eigenvalue weighted by molar-refractivity contribution is 5.85. The van der Waals surface area contributed by atoms with E-state index in [2.05, 4.69) is 36.1 Å². The van der Waals surface area contributed by atoms with E-state index in [0.717, 1.165) is 39.0 Å². The van der Waals surface area contributed by atoms with Gasteiger partial charge in [-0.2, -0.15) is 0 Å². The number of likely N-dealkylation sites (tertiary alicyclic amines) is 1. The molecular weight excluding hydrogens is 328 g/mol. The van der Waals surface area contributed by atoms with Gasteiger partial charge in [-0.05, 0) is 30.5 Å². The predicted octanol–water partition coefficient (Wildman–Crippen LogP) is 1.09. The molecule has 2 aromatic heterocycles. The van der Waals surface area contributed by atoms with Crippen LogP contribution < -0.4 is 10.2 Å². The number of pyridine rings is 1. The fourth-order valence-corrected chi connectivity index (χ4v) is 4.49. The molecule has 4 heterocycles. The van der Waals surface area contributed by atoms with E-state index in [1.807, 2.05) is 18.3 Å². The number of piperidine rings is 1. The van der Waals surface area contributed by atoms with Gasteiger partial charge in [-0.3, -0.25) is 14.7 Å². The van der Waals surface area contributed by atoms with Gasteiger partial charge in [0.1, 0.15) is 0 Å². The van der Waals surface area contributed by atoms with Crippen LogP contribution in [-0.2, 0) is 11.3 Å². The maximum Gasteiger partial charge on any atom is 0.229 e. The molecule has 0 bridgehead atoms. The molecule has 2 aliphatic rings. The van der Waals surface area contributed by atoms with Crippen molar-refractivity contribution < 1.29 is 4.79 Å². The van der Waals surface area contributed by atoms with Crippen LogP contribution in [0.3, 0.4) is 0 Å². The molecule has 0 saturated carbocycles. The Kier molecular flexibility index (Phi) is 4.55. The van der Waals surface area contributed by atoms with E-state index >= 15 is 0 Å². The average Bonchev–Trinajstić information content (AvgIpc) is 3.08. The van der Waals surface area contributed by atoms with Gasteiger partial charge < -0.3 is 10.2 Å². The first-order valence-electron chi connectivity index (χ1n) is 9.10. The molecule has 7 nitrogen and oxygen atoms in total. The molecule has 7 heteroatoms. The fraction of sp³-hybridized carbons (Fsp3) is 0.474. The van der Waals surface area contributed by atoms with Gasteiger partial charge in [0.15, 0.2) is 0 Å². The summed E-state index contributed by atoms with van der Waals surface area (Å²) in [6.45, 7) is 3.25. The zero-order valence-electron chi connectivity index (χ0n) is 15.0. The Bertz CT molecular complexity index is 755. The SMILES string of the molecule is CNC(=O)[C@]12CCCN(c3ncccn3)[C@H]1CN(Cc1cccnc1)C2. The minimum atomic E-state index is -0.422. The Labute approximate surface area is 153 Å². The second-order valence-corrected chi connectivity index (χ2v) is 7.13. The Morgan fingerprint density at radius 1 is 1.31 bits per heavy atom. The van der Waals surface area contributed by atoms with Crippen LogP contribution in [0, 0.1) is 5.41 Å². The topological polar surface area (TPSA) is 74.2 Å². The van der Waals surface area contributed by atoms with Gasteiger partial charge in [0.2, 0.25) is 11.9 Å². The Balaban J connectivity index is 1.64. The van der Waals surface area contributed by atoms with E-state index in [4.69, 9.17) is 0 Å². The summed E-state index contributed by atoms with van der Waals surface area (Å²) in [5, 5.41) is 2.91. The number of amides is 1. The summed E-state index contributed by atoms with van der Waals surface area (Å²) in [6, 6.07) is 5.94. The number of hydrogen-bond acceptors (Lipinski definition) is 6. The van der Waals surface area contributed by atoms with Gasteiger partial charge in [-0.25, -0.2) is 9.97 Å². The summed E-state index contributed by atoms with van der Waals surface area (Å²) < 4.78 is 0. The first kappa shape index (κ1) is 16.9. The van der Waals surface area contributed by atoms with Crippen molar-refractivity contribution in [1.29, 1.82) is 0 Å². The van der Waals surface area contributed by atoms with Crippen LogP contribution in [0.5, 0.6) is 0 Å². The molecule has 1 amide bonds. The van der Waals surface area contributed by atoms with Crippen LogP contribution in [0.4, 0.5) is 5.95 Å². The molecule has 4 rings (SSSR count). The van der Waals surface area contributed by atoms with Gasteiger partial charge >= 0.3 is 0 Å². The highest BCUT2D eigenvalue weighted by atomic mass is 16.2. The molecule has 2 aliphatic heterocycles. The maximum atomic E-state index is 12.9. The van der Waals surface area contributed by atoms with E-state index in [9.17, 15) is 4.79 Å². The number of carbonyl (C=O) groups is 1. The number of anilines is 1. The lowest BCUT2D eigenvalue weighted by molar-refractivity contribution is -0.131. The molecule has 2 saturated heterocycles. The normalized spacial score (nSPS) is 25.7. The van der Waals surface area contributed by atoms with Gasteiger partial charge in [0.25, 0.3) is 0 Å². The van der Waals surface area contributed by atoms with Crippen LogP contribution in [0.2, 0.25) is 0 Å². The van der Waals surface area contributed by atoms with Crippen molar-refractivity contribution >= 4 is 11.9 Å². The Morgan fingerprint density at radius 2 is 2.15 bits per heavy atom. The van der Waals surface area contributed by atoms with Crippen LogP contribution in [0.25, 0.3) is 0 Å². The molecular formula is C19H24N6O. The van der Waals surface area contributed by atoms with Gasteiger partial charge in [-0.15, -0.1) is 0 Å². The quantitative estimate of drug-likeness (QED) is 0.888. The summed E-state index contributed by atoms with van der Waals surface area (Å²) in [6.07, 6.45) is 9.06. The van der Waals surface area contributed by atoms with Crippen molar-refractivity contribution in [3.8, 4) is 0 Å². The minimum absolute atomic E-state index is 0.0790. The van der Waals surface area contributed by atoms with Crippen LogP contribution in [0.1, 0.15) is 18.4 Å². The number of rotatable bonds is 4. The third-order valence-corrected chi connectivity index (χ3v) is 5.59. The van der Waals surface area contributed by atoms with E-state index < -0.39 is 5.41 Å². The second kappa shape index (κ2) is 6.99. The molecule has 1 N–H and O–H groups in total. The number of fused-ring (bicyclic) bond motifs is 1. The van der Waals surface area contributed by atoms with Crippen molar-refractivity contribution in [2.75, 3.05) is 31.6 Å². The van der Waals surface area contributed by atoms with Crippen molar-refractivity contribution in [2.24, 2.45) is 5.41 Å². The van der Waals surface area contributed by atoms with Crippen LogP contribution >= 0.6 is 0 Å². The highest BCUT2D eigenvalue weighted by Crippen LogP contribution is 2.43. The Hall–Kier alpha value is -2.54. The third kappa shape index (κ3) is 2.92. The Morgan fingerprint density at radius 3 is 2.88 bits per heavy atom. The van der Waals surface area contributed by atoms with Crippen molar-refractivity contribution in [1.82, 2.24) is 25.2 Å². The van der Waals surface area contributed by atoms with E-state index in [1.54, 1.807) is 25.6 Å². The van der Waals surface area contributed by atoms with Crippen LogP contribution in [-0.4, -0.2) is 58.5 Å². The average molecular weight is 352 g/mol. The summed E-state index contributed by atoms with van der Waals surface area (Å²) >= 11 is 0. The first-order chi connectivity index (χ1) is 12.7. The summed E-state index contributed by atoms with van der Waals surface area (Å²) in [7, 11) is 1.73. The first-order valence-corrected chi connectivity index (χ1v) is 9.10. The minimum Gasteiger partial charge on any atom is -0.359 e. The molecule has 0 aromatic carbocycles. The molecule has 0 aliphatic carbocycles. The number of nitrogens with zero attached hydrogens (tertiary/aromatic N) is 5. The van der Waals surface area contributed by atoms with E-state index in [1.165, 1.54) is 5.56 Å². The summed E-state index contributed by atoms with van der Waals surface area (Å²) in [5.74, 6) is 0.838. The third-order valence-electron chi connectivity index (χ3n) is 5.59. The predicted molar refractivity (Wildman–Crippen MR) is 98.4 cm³/mol. The number of nitrogens with one attached hydrogen (secondary N) is 1. The molecule has 0 radical (unpaired) electrons. The molecule has 0 unspecified atom stereocenters. The summed E-state index contributed by atoms with van der Waals surface area (Å²) in [5.41, 5.74) is 0.745. The van der Waals surface area contributed by atoms with Gasteiger partial charge in [0.05, 0.1) is 11.5 Å². The zero-order valence-corrected chi connectivity index (χ0v) is 15.0. The number of aromatic nitrogens is 3. The molecule has 136 valence electrons. The molecule has 2 aromatic rings. The van der Waals surface area contributed by atoms with Crippen LogP contribution in [0.15, 0.2) is 43.0 Å². The lowest BCUT2D eigenvalue weighted by Crippen LogP contribution is -2.58. The molecule has 26 heavy (non-hydrogen) atoms. The van der Waals surface area contributed by atoms with Crippen molar-refractivity contribution in [3.63, 3.8) is 0 Å². The second-order valence-electron chi connectivity index (χ2n) is 7.13. The lowest BCUT2D eigenvalue weighted by atomic mass is 9.74. The standard InChI is InChI=1S/C19H24N6O/c1-20-17(26)19-6-3-10-25(18-22-8-4-9-23-18)16(19)13-24(14-19)12-15-5-2-7-21-11-15/h2,4-5,7-9,11,16H,3,6,10,12-14H2,1H3,(H,20,26)/t16-,19-/m0/s1. The van der Waals surface area contributed by atoms with E-state index in [0.29, 0.717) is 5.95 Å².